The molecule has 1 N–H and O–H groups in total. The summed E-state index contributed by atoms with van der Waals surface area (Å²) in [5, 5.41) is 9.81. The Morgan fingerprint density at radius 2 is 1.71 bits per heavy atom. The summed E-state index contributed by atoms with van der Waals surface area (Å²) in [5.74, 6) is -0.884. The molecule has 2 bridgehead atoms. The zero-order valence-corrected chi connectivity index (χ0v) is 19.8. The van der Waals surface area contributed by atoms with Gasteiger partial charge in [-0.2, -0.15) is 10.1 Å². The van der Waals surface area contributed by atoms with Gasteiger partial charge in [-0.3, -0.25) is 14.4 Å². The number of nitrogens with zero attached hydrogens (tertiary/aromatic N) is 3. The number of amides is 3. The number of hydrogen-bond donors (Lipinski definition) is 1. The summed E-state index contributed by atoms with van der Waals surface area (Å²) in [6.45, 7) is 2.01. The zero-order chi connectivity index (χ0) is 24.3. The smallest absolute Gasteiger partial charge is 0.254 e. The first-order valence-corrected chi connectivity index (χ1v) is 12.0. The van der Waals surface area contributed by atoms with Crippen LogP contribution in [0.1, 0.15) is 17.7 Å². The number of rotatable bonds is 5. The van der Waals surface area contributed by atoms with Gasteiger partial charge in [-0.15, -0.1) is 0 Å². The topological polar surface area (TPSA) is 83.8 Å². The molecule has 0 unspecified atom stereocenters. The highest BCUT2D eigenvalue weighted by atomic mass is 35.5. The Morgan fingerprint density at radius 1 is 1.06 bits per heavy atom. The van der Waals surface area contributed by atoms with Crippen molar-refractivity contribution in [2.45, 2.75) is 19.9 Å². The van der Waals surface area contributed by atoms with E-state index < -0.39 is 0 Å². The number of aromatic nitrogens is 1. The number of halogens is 1. The van der Waals surface area contributed by atoms with Crippen molar-refractivity contribution in [2.75, 3.05) is 5.32 Å². The van der Waals surface area contributed by atoms with Gasteiger partial charge in [0.1, 0.15) is 6.54 Å². The third kappa shape index (κ3) is 3.49. The van der Waals surface area contributed by atoms with Gasteiger partial charge in [0.05, 0.1) is 18.1 Å². The lowest BCUT2D eigenvalue weighted by Gasteiger charge is -2.13. The number of para-hydroxylation sites is 1. The summed E-state index contributed by atoms with van der Waals surface area (Å²) in [7, 11) is 0. The second kappa shape index (κ2) is 8.20. The molecule has 1 aliphatic heterocycles. The summed E-state index contributed by atoms with van der Waals surface area (Å²) in [4.78, 5) is 38.8. The second-order valence-corrected chi connectivity index (χ2v) is 9.83. The van der Waals surface area contributed by atoms with Crippen LogP contribution in [0.3, 0.4) is 0 Å². The lowest BCUT2D eigenvalue weighted by atomic mass is 9.85. The number of anilines is 1. The van der Waals surface area contributed by atoms with Gasteiger partial charge < -0.3 is 9.88 Å². The Morgan fingerprint density at radius 3 is 2.40 bits per heavy atom. The van der Waals surface area contributed by atoms with Crippen LogP contribution in [0.25, 0.3) is 10.9 Å². The molecule has 35 heavy (non-hydrogen) atoms. The van der Waals surface area contributed by atoms with E-state index >= 15 is 0 Å². The molecule has 2 heterocycles. The first kappa shape index (κ1) is 21.8. The minimum atomic E-state index is -0.284. The molecule has 3 aromatic rings. The monoisotopic (exact) mass is 486 g/mol. The lowest BCUT2D eigenvalue weighted by molar-refractivity contribution is -0.140. The predicted molar refractivity (Wildman–Crippen MR) is 134 cm³/mol. The van der Waals surface area contributed by atoms with Crippen LogP contribution >= 0.6 is 11.6 Å². The van der Waals surface area contributed by atoms with Crippen LogP contribution in [0.5, 0.6) is 0 Å². The Balaban J connectivity index is 1.28. The van der Waals surface area contributed by atoms with Crippen LogP contribution in [-0.2, 0) is 20.9 Å². The van der Waals surface area contributed by atoms with Crippen LogP contribution < -0.4 is 5.32 Å². The summed E-state index contributed by atoms with van der Waals surface area (Å²) in [6.07, 6.45) is 6.60. The highest BCUT2D eigenvalue weighted by molar-refractivity contribution is 6.30. The molecule has 1 aromatic heterocycles. The predicted octanol–water partition coefficient (Wildman–Crippen LogP) is 4.38. The molecule has 1 saturated heterocycles. The van der Waals surface area contributed by atoms with Crippen LogP contribution in [-0.4, -0.2) is 33.5 Å². The number of benzene rings is 2. The fourth-order valence-corrected chi connectivity index (χ4v) is 5.94. The summed E-state index contributed by atoms with van der Waals surface area (Å²) in [6, 6.07) is 14.7. The normalized spacial score (nSPS) is 24.8. The van der Waals surface area contributed by atoms with Gasteiger partial charge in [0, 0.05) is 32.9 Å². The fraction of sp³-hybridized carbons (Fsp3) is 0.259. The third-order valence-electron chi connectivity index (χ3n) is 7.46. The molecule has 7 nitrogen and oxygen atoms in total. The van der Waals surface area contributed by atoms with Crippen molar-refractivity contribution in [3.05, 3.63) is 77.0 Å². The minimum Gasteiger partial charge on any atom is -0.335 e. The number of hydrogen-bond acceptors (Lipinski definition) is 4. The molecule has 4 atom stereocenters. The lowest BCUT2D eigenvalue weighted by Crippen LogP contribution is -2.28. The molecule has 176 valence electrons. The Labute approximate surface area is 207 Å². The van der Waals surface area contributed by atoms with E-state index in [-0.39, 0.29) is 47.9 Å². The number of imide groups is 1. The number of allylic oxidation sites excluding steroid dienone is 2. The average Bonchev–Trinajstić information content (AvgIpc) is 3.59. The molecular formula is C27H23ClN4O3. The van der Waals surface area contributed by atoms with Gasteiger partial charge in [-0.1, -0.05) is 42.0 Å². The van der Waals surface area contributed by atoms with Crippen LogP contribution in [0.15, 0.2) is 65.8 Å². The summed E-state index contributed by atoms with van der Waals surface area (Å²) in [5.41, 5.74) is 3.13. The number of nitrogens with one attached hydrogen (secondary N) is 1. The van der Waals surface area contributed by atoms with Gasteiger partial charge in [0.25, 0.3) is 11.8 Å². The minimum absolute atomic E-state index is 0.101. The van der Waals surface area contributed by atoms with Crippen molar-refractivity contribution in [1.82, 2.24) is 9.58 Å². The molecular weight excluding hydrogens is 464 g/mol. The average molecular weight is 487 g/mol. The van der Waals surface area contributed by atoms with E-state index in [0.717, 1.165) is 33.6 Å². The van der Waals surface area contributed by atoms with Crippen molar-refractivity contribution >= 4 is 52.1 Å². The Hall–Kier alpha value is -3.71. The molecule has 2 aromatic carbocycles. The number of carbonyl (C=O) groups excluding carboxylic acids is 3. The van der Waals surface area contributed by atoms with E-state index in [2.05, 4.69) is 22.6 Å². The first-order valence-electron chi connectivity index (χ1n) is 11.7. The highest BCUT2D eigenvalue weighted by Crippen LogP contribution is 2.52. The fourth-order valence-electron chi connectivity index (χ4n) is 5.82. The maximum atomic E-state index is 13.0. The number of carbonyl (C=O) groups is 3. The largest absolute Gasteiger partial charge is 0.335 e. The van der Waals surface area contributed by atoms with Gasteiger partial charge >= 0.3 is 0 Å². The van der Waals surface area contributed by atoms with Crippen LogP contribution in [0.2, 0.25) is 5.02 Å². The molecule has 2 fully saturated rings. The Kier molecular flexibility index (Phi) is 5.11. The van der Waals surface area contributed by atoms with E-state index in [9.17, 15) is 14.4 Å². The molecule has 3 aliphatic rings. The molecule has 1 saturated carbocycles. The van der Waals surface area contributed by atoms with Crippen LogP contribution in [0, 0.1) is 30.6 Å². The van der Waals surface area contributed by atoms with Crippen molar-refractivity contribution in [3.63, 3.8) is 0 Å². The Bertz CT molecular complexity index is 1410. The summed E-state index contributed by atoms with van der Waals surface area (Å²) < 4.78 is 1.91. The SMILES string of the molecule is Cc1c(C=NN2C(=O)[C@@H]3[C@H](C2=O)[C@H]2C=C[C@H]3C2)c2ccccc2n1CC(=O)Nc1ccc(Cl)cc1. The molecule has 3 amide bonds. The maximum Gasteiger partial charge on any atom is 0.254 e. The maximum absolute atomic E-state index is 13.0. The van der Waals surface area contributed by atoms with E-state index in [0.29, 0.717) is 10.7 Å². The first-order chi connectivity index (χ1) is 16.9. The van der Waals surface area contributed by atoms with E-state index in [1.807, 2.05) is 35.8 Å². The van der Waals surface area contributed by atoms with E-state index in [1.165, 1.54) is 0 Å². The van der Waals surface area contributed by atoms with E-state index in [4.69, 9.17) is 11.6 Å². The van der Waals surface area contributed by atoms with E-state index in [1.54, 1.807) is 30.5 Å². The highest BCUT2D eigenvalue weighted by Gasteiger charge is 2.59. The van der Waals surface area contributed by atoms with Gasteiger partial charge in [-0.25, -0.2) is 0 Å². The molecule has 8 heteroatoms. The van der Waals surface area contributed by atoms with Crippen LogP contribution in [0.4, 0.5) is 5.69 Å². The van der Waals surface area contributed by atoms with Crippen molar-refractivity contribution in [3.8, 4) is 0 Å². The van der Waals surface area contributed by atoms with Crippen molar-refractivity contribution in [2.24, 2.45) is 28.8 Å². The van der Waals surface area contributed by atoms with Crippen molar-refractivity contribution in [1.29, 1.82) is 0 Å². The number of fused-ring (bicyclic) bond motifs is 6. The zero-order valence-electron chi connectivity index (χ0n) is 19.0. The van der Waals surface area contributed by atoms with Crippen molar-refractivity contribution < 1.29 is 14.4 Å². The second-order valence-electron chi connectivity index (χ2n) is 9.39. The summed E-state index contributed by atoms with van der Waals surface area (Å²) >= 11 is 5.93. The molecule has 6 rings (SSSR count). The molecule has 0 spiro atoms. The van der Waals surface area contributed by atoms with Gasteiger partial charge in [0.15, 0.2) is 0 Å². The molecule has 0 radical (unpaired) electrons. The quantitative estimate of drug-likeness (QED) is 0.330. The standard InChI is InChI=1S/C27H23ClN4O3/c1-15-21(13-29-32-26(34)24-16-6-7-17(12-16)25(24)27(32)35)20-4-2-3-5-22(20)31(15)14-23(33)30-19-10-8-18(28)9-11-19/h2-11,13,16-17,24-25H,12,14H2,1H3,(H,30,33)/t16-,17-,24-,25+/m0/s1. The van der Waals surface area contributed by atoms with Gasteiger partial charge in [0.2, 0.25) is 5.91 Å². The number of hydrazone groups is 1. The third-order valence-corrected chi connectivity index (χ3v) is 7.71. The van der Waals surface area contributed by atoms with Gasteiger partial charge in [-0.05, 0) is 55.5 Å². The molecule has 2 aliphatic carbocycles.